The van der Waals surface area contributed by atoms with E-state index < -0.39 is 0 Å². The molecule has 0 aromatic heterocycles. The van der Waals surface area contributed by atoms with Gasteiger partial charge in [0.1, 0.15) is 12.4 Å². The molecule has 1 aromatic rings. The van der Waals surface area contributed by atoms with Crippen LogP contribution in [0, 0.1) is 5.92 Å². The van der Waals surface area contributed by atoms with E-state index in [2.05, 4.69) is 19.2 Å². The molecule has 5 heteroatoms. The van der Waals surface area contributed by atoms with Gasteiger partial charge in [-0.05, 0) is 25.5 Å². The van der Waals surface area contributed by atoms with E-state index in [0.29, 0.717) is 19.1 Å². The molecule has 0 bridgehead atoms. The van der Waals surface area contributed by atoms with E-state index in [9.17, 15) is 0 Å². The van der Waals surface area contributed by atoms with Gasteiger partial charge in [-0.15, -0.1) is 0 Å². The first kappa shape index (κ1) is 15.9. The normalized spacial score (nSPS) is 13.0. The fourth-order valence-electron chi connectivity index (χ4n) is 2.06. The van der Waals surface area contributed by atoms with Crippen molar-refractivity contribution < 1.29 is 18.9 Å². The Kier molecular flexibility index (Phi) is 6.14. The zero-order chi connectivity index (χ0) is 15.1. The largest absolute Gasteiger partial charge is 0.491 e. The molecule has 1 aliphatic heterocycles. The number of nitrogens with one attached hydrogen (secondary N) is 1. The number of fused-ring (bicyclic) bond motifs is 1. The summed E-state index contributed by atoms with van der Waals surface area (Å²) in [6, 6.07) is 3.86. The first-order valence-electron chi connectivity index (χ1n) is 7.48. The van der Waals surface area contributed by atoms with Crippen molar-refractivity contribution in [1.29, 1.82) is 0 Å². The summed E-state index contributed by atoms with van der Waals surface area (Å²) < 4.78 is 22.2. The van der Waals surface area contributed by atoms with Gasteiger partial charge >= 0.3 is 0 Å². The van der Waals surface area contributed by atoms with Crippen LogP contribution in [0.3, 0.4) is 0 Å². The Morgan fingerprint density at radius 1 is 1.14 bits per heavy atom. The Morgan fingerprint density at radius 3 is 2.62 bits per heavy atom. The van der Waals surface area contributed by atoms with Crippen LogP contribution >= 0.6 is 0 Å². The van der Waals surface area contributed by atoms with Crippen LogP contribution in [0.15, 0.2) is 12.1 Å². The Labute approximate surface area is 126 Å². The smallest absolute Gasteiger partial charge is 0.231 e. The number of hydrogen-bond acceptors (Lipinski definition) is 5. The first-order chi connectivity index (χ1) is 10.2. The summed E-state index contributed by atoms with van der Waals surface area (Å²) in [6.45, 7) is 7.30. The Hall–Kier alpha value is -1.46. The molecule has 21 heavy (non-hydrogen) atoms. The van der Waals surface area contributed by atoms with E-state index in [1.807, 2.05) is 19.2 Å². The molecule has 1 N–H and O–H groups in total. The van der Waals surface area contributed by atoms with Gasteiger partial charge in [0, 0.05) is 24.8 Å². The van der Waals surface area contributed by atoms with Crippen molar-refractivity contribution >= 4 is 0 Å². The molecule has 0 fully saturated rings. The molecule has 5 nitrogen and oxygen atoms in total. The van der Waals surface area contributed by atoms with Crippen LogP contribution in [-0.2, 0) is 11.3 Å². The average Bonchev–Trinajstić information content (AvgIpc) is 2.89. The second kappa shape index (κ2) is 8.10. The maximum Gasteiger partial charge on any atom is 0.231 e. The van der Waals surface area contributed by atoms with Crippen LogP contribution in [0.4, 0.5) is 0 Å². The summed E-state index contributed by atoms with van der Waals surface area (Å²) in [4.78, 5) is 0. The summed E-state index contributed by atoms with van der Waals surface area (Å²) in [5, 5.41) is 3.13. The van der Waals surface area contributed by atoms with Gasteiger partial charge in [-0.1, -0.05) is 13.8 Å². The molecule has 0 saturated carbocycles. The highest BCUT2D eigenvalue weighted by molar-refractivity contribution is 5.51. The lowest BCUT2D eigenvalue weighted by molar-refractivity contribution is 0.0922. The summed E-state index contributed by atoms with van der Waals surface area (Å²) in [5.41, 5.74) is 1.06. The molecule has 0 atom stereocenters. The highest BCUT2D eigenvalue weighted by atomic mass is 16.7. The minimum absolute atomic E-state index is 0.274. The van der Waals surface area contributed by atoms with Crippen molar-refractivity contribution in [3.63, 3.8) is 0 Å². The van der Waals surface area contributed by atoms with Crippen molar-refractivity contribution in [2.45, 2.75) is 26.8 Å². The van der Waals surface area contributed by atoms with Crippen LogP contribution in [-0.4, -0.2) is 33.7 Å². The van der Waals surface area contributed by atoms with E-state index in [1.54, 1.807) is 0 Å². The van der Waals surface area contributed by atoms with Crippen LogP contribution < -0.4 is 19.5 Å². The highest BCUT2D eigenvalue weighted by Gasteiger charge is 2.17. The van der Waals surface area contributed by atoms with Crippen molar-refractivity contribution in [3.8, 4) is 17.2 Å². The molecule has 1 aromatic carbocycles. The van der Waals surface area contributed by atoms with Crippen LogP contribution in [0.25, 0.3) is 0 Å². The molecule has 0 amide bonds. The third kappa shape index (κ3) is 4.79. The van der Waals surface area contributed by atoms with Crippen molar-refractivity contribution in [1.82, 2.24) is 5.32 Å². The Balaban J connectivity index is 1.84. The standard InChI is InChI=1S/C16H25NO4/c1-12(2)4-5-18-6-7-19-14-9-16-15(20-11-21-16)8-13(14)10-17-3/h8-9,12,17H,4-7,10-11H2,1-3H3. The third-order valence-electron chi connectivity index (χ3n) is 3.25. The average molecular weight is 295 g/mol. The van der Waals surface area contributed by atoms with E-state index in [4.69, 9.17) is 18.9 Å². The van der Waals surface area contributed by atoms with Crippen LogP contribution in [0.1, 0.15) is 25.8 Å². The quantitative estimate of drug-likeness (QED) is 0.710. The monoisotopic (exact) mass is 295 g/mol. The van der Waals surface area contributed by atoms with E-state index in [0.717, 1.165) is 42.4 Å². The Bertz CT molecular complexity index is 448. The molecule has 0 radical (unpaired) electrons. The Morgan fingerprint density at radius 2 is 1.90 bits per heavy atom. The van der Waals surface area contributed by atoms with Gasteiger partial charge in [-0.2, -0.15) is 0 Å². The molecule has 1 aliphatic rings. The number of hydrogen-bond donors (Lipinski definition) is 1. The minimum atomic E-state index is 0.274. The molecular weight excluding hydrogens is 270 g/mol. The predicted molar refractivity (Wildman–Crippen MR) is 81.1 cm³/mol. The van der Waals surface area contributed by atoms with Crippen LogP contribution in [0.5, 0.6) is 17.2 Å². The van der Waals surface area contributed by atoms with Crippen LogP contribution in [0.2, 0.25) is 0 Å². The number of rotatable bonds is 9. The van der Waals surface area contributed by atoms with Crippen molar-refractivity contribution in [2.24, 2.45) is 5.92 Å². The van der Waals surface area contributed by atoms with Gasteiger partial charge in [-0.3, -0.25) is 0 Å². The second-order valence-electron chi connectivity index (χ2n) is 5.49. The van der Waals surface area contributed by atoms with Crippen molar-refractivity contribution in [3.05, 3.63) is 17.7 Å². The number of benzene rings is 1. The summed E-state index contributed by atoms with van der Waals surface area (Å²) in [6.07, 6.45) is 1.08. The molecule has 0 saturated heterocycles. The minimum Gasteiger partial charge on any atom is -0.491 e. The molecule has 0 unspecified atom stereocenters. The lowest BCUT2D eigenvalue weighted by atomic mass is 10.1. The first-order valence-corrected chi connectivity index (χ1v) is 7.48. The molecule has 0 spiro atoms. The topological polar surface area (TPSA) is 49.0 Å². The molecule has 2 rings (SSSR count). The third-order valence-corrected chi connectivity index (χ3v) is 3.25. The SMILES string of the molecule is CNCc1cc2c(cc1OCCOCCC(C)C)OCO2. The molecular formula is C16H25NO4. The fourth-order valence-corrected chi connectivity index (χ4v) is 2.06. The fraction of sp³-hybridized carbons (Fsp3) is 0.625. The van der Waals surface area contributed by atoms with Gasteiger partial charge in [0.05, 0.1) is 6.61 Å². The van der Waals surface area contributed by atoms with Gasteiger partial charge in [0.25, 0.3) is 0 Å². The highest BCUT2D eigenvalue weighted by Crippen LogP contribution is 2.38. The predicted octanol–water partition coefficient (Wildman–Crippen LogP) is 2.58. The molecule has 1 heterocycles. The maximum atomic E-state index is 5.82. The zero-order valence-electron chi connectivity index (χ0n) is 13.1. The van der Waals surface area contributed by atoms with E-state index >= 15 is 0 Å². The van der Waals surface area contributed by atoms with Gasteiger partial charge in [0.15, 0.2) is 11.5 Å². The summed E-state index contributed by atoms with van der Waals surface area (Å²) in [5.74, 6) is 3.01. The zero-order valence-corrected chi connectivity index (χ0v) is 13.1. The summed E-state index contributed by atoms with van der Waals surface area (Å²) >= 11 is 0. The van der Waals surface area contributed by atoms with E-state index in [-0.39, 0.29) is 6.79 Å². The molecule has 0 aliphatic carbocycles. The summed E-state index contributed by atoms with van der Waals surface area (Å²) in [7, 11) is 1.91. The lowest BCUT2D eigenvalue weighted by Gasteiger charge is -2.13. The number of ether oxygens (including phenoxy) is 4. The van der Waals surface area contributed by atoms with E-state index in [1.165, 1.54) is 0 Å². The second-order valence-corrected chi connectivity index (χ2v) is 5.49. The maximum absolute atomic E-state index is 5.82. The van der Waals surface area contributed by atoms with Crippen molar-refractivity contribution in [2.75, 3.05) is 33.7 Å². The van der Waals surface area contributed by atoms with Gasteiger partial charge < -0.3 is 24.3 Å². The lowest BCUT2D eigenvalue weighted by Crippen LogP contribution is -2.11. The molecule has 118 valence electrons. The van der Waals surface area contributed by atoms with Gasteiger partial charge in [-0.25, -0.2) is 0 Å². The van der Waals surface area contributed by atoms with Gasteiger partial charge in [0.2, 0.25) is 6.79 Å².